The number of hydrogen-bond acceptors (Lipinski definition) is 0. The summed E-state index contributed by atoms with van der Waals surface area (Å²) in [4.78, 5) is 0. The van der Waals surface area contributed by atoms with Crippen molar-refractivity contribution in [2.24, 2.45) is 5.92 Å². The van der Waals surface area contributed by atoms with Crippen LogP contribution in [0.3, 0.4) is 0 Å². The van der Waals surface area contributed by atoms with Gasteiger partial charge in [0.05, 0.1) is 0 Å². The molecule has 1 aromatic carbocycles. The molecule has 0 aliphatic heterocycles. The lowest BCUT2D eigenvalue weighted by Gasteiger charge is -2.04. The first-order valence-corrected chi connectivity index (χ1v) is 4.49. The Balaban J connectivity index is 0.00000144. The maximum Gasteiger partial charge on any atom is 0 e. The van der Waals surface area contributed by atoms with E-state index in [1.807, 2.05) is 0 Å². The molecule has 0 spiro atoms. The van der Waals surface area contributed by atoms with Crippen molar-refractivity contribution in [2.45, 2.75) is 20.3 Å². The van der Waals surface area contributed by atoms with Crippen molar-refractivity contribution in [3.05, 3.63) is 48.0 Å². The van der Waals surface area contributed by atoms with Crippen LogP contribution in [-0.2, 0) is 6.42 Å². The van der Waals surface area contributed by atoms with Crippen LogP contribution in [0.4, 0.5) is 0 Å². The Kier molecular flexibility index (Phi) is 3.59. The third-order valence-corrected chi connectivity index (χ3v) is 1.92. The molecule has 0 nitrogen and oxygen atoms in total. The van der Waals surface area contributed by atoms with Crippen LogP contribution in [0.1, 0.15) is 20.8 Å². The summed E-state index contributed by atoms with van der Waals surface area (Å²) in [5.41, 5.74) is 1.42. The van der Waals surface area contributed by atoms with E-state index in [0.29, 0.717) is 5.92 Å². The summed E-state index contributed by atoms with van der Waals surface area (Å²) < 4.78 is 0. The zero-order chi connectivity index (χ0) is 8.81. The highest BCUT2D eigenvalue weighted by Crippen LogP contribution is 2.08. The first-order chi connectivity index (χ1) is 5.83. The van der Waals surface area contributed by atoms with Gasteiger partial charge in [0.2, 0.25) is 0 Å². The number of rotatable bonds is 3. The van der Waals surface area contributed by atoms with Gasteiger partial charge in [-0.05, 0) is 24.8 Å². The molecule has 0 aliphatic carbocycles. The zero-order valence-electron chi connectivity index (χ0n) is 7.83. The highest BCUT2D eigenvalue weighted by molar-refractivity contribution is 5.15. The lowest BCUT2D eigenvalue weighted by molar-refractivity contribution is 0.722. The predicted molar refractivity (Wildman–Crippen MR) is 56.2 cm³/mol. The average Bonchev–Trinajstić information content (AvgIpc) is 2.06. The van der Waals surface area contributed by atoms with Gasteiger partial charge in [-0.25, -0.2) is 0 Å². The molecule has 1 atom stereocenters. The van der Waals surface area contributed by atoms with Gasteiger partial charge in [0.25, 0.3) is 0 Å². The molecule has 0 amide bonds. The minimum atomic E-state index is 0. The second-order valence-corrected chi connectivity index (χ2v) is 3.19. The van der Waals surface area contributed by atoms with Gasteiger partial charge in [-0.1, -0.05) is 49.4 Å². The van der Waals surface area contributed by atoms with Crippen LogP contribution < -0.4 is 0 Å². The van der Waals surface area contributed by atoms with Gasteiger partial charge in [0, 0.05) is 1.43 Å². The van der Waals surface area contributed by atoms with Crippen LogP contribution in [0.5, 0.6) is 0 Å². The molecule has 0 unspecified atom stereocenters. The van der Waals surface area contributed by atoms with Crippen molar-refractivity contribution in [3.8, 4) is 0 Å². The minimum Gasteiger partial charge on any atom is -0.0914 e. The standard InChI is InChI=1S/C12H16.H2/c1-3-7-11(2)10-12-8-5-4-6-9-12;/h3-9,11H,10H2,1-2H3;1H/b7-3+;/t11-;/m1./s1. The fourth-order valence-corrected chi connectivity index (χ4v) is 1.38. The van der Waals surface area contributed by atoms with Crippen LogP contribution in [-0.4, -0.2) is 0 Å². The van der Waals surface area contributed by atoms with E-state index in [9.17, 15) is 0 Å². The smallest absolute Gasteiger partial charge is 0 e. The molecule has 12 heavy (non-hydrogen) atoms. The molecule has 1 aromatic rings. The SMILES string of the molecule is C/C=C/[C@@H](C)Cc1ccccc1.[HH]. The normalized spacial score (nSPS) is 13.5. The number of hydrogen-bond donors (Lipinski definition) is 0. The van der Waals surface area contributed by atoms with Crippen LogP contribution >= 0.6 is 0 Å². The summed E-state index contributed by atoms with van der Waals surface area (Å²) >= 11 is 0. The fraction of sp³-hybridized carbons (Fsp3) is 0.333. The summed E-state index contributed by atoms with van der Waals surface area (Å²) in [5.74, 6) is 0.650. The quantitative estimate of drug-likeness (QED) is 0.595. The second-order valence-electron chi connectivity index (χ2n) is 3.19. The van der Waals surface area contributed by atoms with E-state index in [4.69, 9.17) is 0 Å². The molecule has 0 heteroatoms. The molecule has 0 saturated carbocycles. The summed E-state index contributed by atoms with van der Waals surface area (Å²) in [6.07, 6.45) is 5.51. The Hall–Kier alpha value is -1.04. The van der Waals surface area contributed by atoms with Crippen molar-refractivity contribution >= 4 is 0 Å². The van der Waals surface area contributed by atoms with E-state index in [2.05, 4.69) is 56.3 Å². The first-order valence-electron chi connectivity index (χ1n) is 4.49. The number of benzene rings is 1. The lowest BCUT2D eigenvalue weighted by atomic mass is 10.0. The summed E-state index contributed by atoms with van der Waals surface area (Å²) in [6, 6.07) is 10.6. The van der Waals surface area contributed by atoms with Gasteiger partial charge >= 0.3 is 0 Å². The molecule has 0 radical (unpaired) electrons. The molecule has 1 rings (SSSR count). The van der Waals surface area contributed by atoms with Crippen LogP contribution in [0, 0.1) is 5.92 Å². The molecule has 0 aromatic heterocycles. The monoisotopic (exact) mass is 162 g/mol. The maximum atomic E-state index is 2.24. The van der Waals surface area contributed by atoms with Crippen LogP contribution in [0.25, 0.3) is 0 Å². The van der Waals surface area contributed by atoms with Crippen molar-refractivity contribution in [1.82, 2.24) is 0 Å². The van der Waals surface area contributed by atoms with E-state index in [-0.39, 0.29) is 1.43 Å². The average molecular weight is 162 g/mol. The number of allylic oxidation sites excluding steroid dienone is 2. The van der Waals surface area contributed by atoms with Crippen molar-refractivity contribution in [1.29, 1.82) is 0 Å². The minimum absolute atomic E-state index is 0. The molecule has 0 N–H and O–H groups in total. The summed E-state index contributed by atoms with van der Waals surface area (Å²) in [5, 5.41) is 0. The van der Waals surface area contributed by atoms with E-state index >= 15 is 0 Å². The van der Waals surface area contributed by atoms with Crippen molar-refractivity contribution in [3.63, 3.8) is 0 Å². The highest BCUT2D eigenvalue weighted by atomic mass is 14.0. The summed E-state index contributed by atoms with van der Waals surface area (Å²) in [6.45, 7) is 4.31. The van der Waals surface area contributed by atoms with Gasteiger partial charge < -0.3 is 0 Å². The molecule has 0 saturated heterocycles. The molecular formula is C12H18. The van der Waals surface area contributed by atoms with E-state index in [1.165, 1.54) is 5.56 Å². The third-order valence-electron chi connectivity index (χ3n) is 1.92. The Labute approximate surface area is 76.4 Å². The molecule has 0 fully saturated rings. The van der Waals surface area contributed by atoms with E-state index < -0.39 is 0 Å². The summed E-state index contributed by atoms with van der Waals surface area (Å²) in [7, 11) is 0. The predicted octanol–water partition coefficient (Wildman–Crippen LogP) is 3.69. The molecule has 0 bridgehead atoms. The van der Waals surface area contributed by atoms with Gasteiger partial charge in [-0.2, -0.15) is 0 Å². The van der Waals surface area contributed by atoms with Crippen molar-refractivity contribution in [2.75, 3.05) is 0 Å². The zero-order valence-corrected chi connectivity index (χ0v) is 7.83. The highest BCUT2D eigenvalue weighted by Gasteiger charge is 1.97. The maximum absolute atomic E-state index is 2.24. The topological polar surface area (TPSA) is 0 Å². The van der Waals surface area contributed by atoms with Gasteiger partial charge in [-0.3, -0.25) is 0 Å². The van der Waals surface area contributed by atoms with E-state index in [1.54, 1.807) is 0 Å². The van der Waals surface area contributed by atoms with Gasteiger partial charge in [-0.15, -0.1) is 0 Å². The first kappa shape index (κ1) is 9.05. The molecule has 0 heterocycles. The Bertz CT molecular complexity index is 239. The molecular weight excluding hydrogens is 144 g/mol. The third kappa shape index (κ3) is 2.91. The Morgan fingerprint density at radius 1 is 1.33 bits per heavy atom. The molecule has 66 valence electrons. The molecule has 0 aliphatic rings. The van der Waals surface area contributed by atoms with Gasteiger partial charge in [0.1, 0.15) is 0 Å². The van der Waals surface area contributed by atoms with Crippen LogP contribution in [0.2, 0.25) is 0 Å². The van der Waals surface area contributed by atoms with E-state index in [0.717, 1.165) is 6.42 Å². The largest absolute Gasteiger partial charge is 0.0914 e. The Morgan fingerprint density at radius 3 is 2.58 bits per heavy atom. The fourth-order valence-electron chi connectivity index (χ4n) is 1.38. The Morgan fingerprint density at radius 2 is 2.00 bits per heavy atom. The second kappa shape index (κ2) is 4.76. The van der Waals surface area contributed by atoms with Crippen LogP contribution in [0.15, 0.2) is 42.5 Å². The van der Waals surface area contributed by atoms with Gasteiger partial charge in [0.15, 0.2) is 0 Å². The van der Waals surface area contributed by atoms with Crippen molar-refractivity contribution < 1.29 is 1.43 Å². The lowest BCUT2D eigenvalue weighted by Crippen LogP contribution is -1.94.